The number of aryl methyl sites for hydroxylation is 1. The third kappa shape index (κ3) is 5.25. The predicted molar refractivity (Wildman–Crippen MR) is 138 cm³/mol. The summed E-state index contributed by atoms with van der Waals surface area (Å²) >= 11 is 1.66. The molecule has 0 bridgehead atoms. The molecule has 1 unspecified atom stereocenters. The molecule has 3 aromatic rings. The lowest BCUT2D eigenvalue weighted by molar-refractivity contribution is 0.0598. The number of nitrogens with one attached hydrogen (secondary N) is 1. The van der Waals surface area contributed by atoms with Crippen LogP contribution in [0.2, 0.25) is 0 Å². The molecule has 5 rings (SSSR count). The minimum Gasteiger partial charge on any atom is -0.497 e. The molecular formula is C28H31N3O3S. The van der Waals surface area contributed by atoms with Crippen LogP contribution < -0.4 is 10.1 Å². The van der Waals surface area contributed by atoms with Crippen molar-refractivity contribution in [3.8, 4) is 16.2 Å². The maximum Gasteiger partial charge on any atom is 0.274 e. The van der Waals surface area contributed by atoms with Crippen molar-refractivity contribution in [1.29, 1.82) is 0 Å². The largest absolute Gasteiger partial charge is 0.497 e. The number of piperidine rings is 1. The molecule has 182 valence electrons. The fourth-order valence-electron chi connectivity index (χ4n) is 4.66. The number of likely N-dealkylation sites (tertiary alicyclic amines) is 1. The van der Waals surface area contributed by atoms with Gasteiger partial charge < -0.3 is 15.0 Å². The maximum absolute atomic E-state index is 13.9. The van der Waals surface area contributed by atoms with Crippen molar-refractivity contribution < 1.29 is 14.3 Å². The Balaban J connectivity index is 1.36. The van der Waals surface area contributed by atoms with Crippen molar-refractivity contribution in [3.05, 3.63) is 70.4 Å². The third-order valence-corrected chi connectivity index (χ3v) is 8.04. The van der Waals surface area contributed by atoms with Gasteiger partial charge in [-0.15, -0.1) is 11.3 Å². The predicted octanol–water partition coefficient (Wildman–Crippen LogP) is 5.43. The van der Waals surface area contributed by atoms with Gasteiger partial charge in [-0.05, 0) is 62.8 Å². The van der Waals surface area contributed by atoms with Crippen molar-refractivity contribution in [1.82, 2.24) is 15.2 Å². The maximum atomic E-state index is 13.9. The second kappa shape index (κ2) is 10.2. The van der Waals surface area contributed by atoms with Crippen LogP contribution in [0.25, 0.3) is 10.4 Å². The highest BCUT2D eigenvalue weighted by atomic mass is 32.1. The quantitative estimate of drug-likeness (QED) is 0.480. The number of hydrogen-bond acceptors (Lipinski definition) is 5. The van der Waals surface area contributed by atoms with Crippen LogP contribution in [-0.4, -0.2) is 47.9 Å². The Morgan fingerprint density at radius 3 is 2.71 bits per heavy atom. The molecule has 2 heterocycles. The smallest absolute Gasteiger partial charge is 0.274 e. The van der Waals surface area contributed by atoms with E-state index in [0.717, 1.165) is 47.6 Å². The molecule has 6 nitrogen and oxygen atoms in total. The van der Waals surface area contributed by atoms with E-state index in [-0.39, 0.29) is 17.9 Å². The number of carbonyl (C=O) groups excluding carboxylic acids is 2. The van der Waals surface area contributed by atoms with Gasteiger partial charge in [-0.1, -0.05) is 35.9 Å². The van der Waals surface area contributed by atoms with Gasteiger partial charge in [0.2, 0.25) is 0 Å². The lowest BCUT2D eigenvalue weighted by Crippen LogP contribution is -2.49. The lowest BCUT2D eigenvalue weighted by atomic mass is 10.0. The Kier molecular flexibility index (Phi) is 6.86. The fourth-order valence-corrected chi connectivity index (χ4v) is 5.88. The van der Waals surface area contributed by atoms with Gasteiger partial charge >= 0.3 is 0 Å². The summed E-state index contributed by atoms with van der Waals surface area (Å²) in [6.45, 7) is 3.17. The van der Waals surface area contributed by atoms with Crippen molar-refractivity contribution >= 4 is 23.2 Å². The molecule has 1 aliphatic carbocycles. The number of ether oxygens (including phenoxy) is 1. The van der Waals surface area contributed by atoms with Gasteiger partial charge in [0.15, 0.2) is 0 Å². The van der Waals surface area contributed by atoms with Gasteiger partial charge in [0.25, 0.3) is 11.8 Å². The van der Waals surface area contributed by atoms with E-state index >= 15 is 0 Å². The van der Waals surface area contributed by atoms with E-state index in [4.69, 9.17) is 9.72 Å². The van der Waals surface area contributed by atoms with Crippen molar-refractivity contribution in [2.24, 2.45) is 0 Å². The number of hydrogen-bond donors (Lipinski definition) is 1. The molecule has 1 saturated carbocycles. The van der Waals surface area contributed by atoms with Crippen molar-refractivity contribution in [2.45, 2.75) is 51.0 Å². The van der Waals surface area contributed by atoms with Gasteiger partial charge in [0.05, 0.1) is 17.0 Å². The second-order valence-electron chi connectivity index (χ2n) is 9.46. The van der Waals surface area contributed by atoms with E-state index in [1.807, 2.05) is 17.0 Å². The van der Waals surface area contributed by atoms with Crippen LogP contribution in [-0.2, 0) is 0 Å². The number of methoxy groups -OCH3 is 1. The highest BCUT2D eigenvalue weighted by Crippen LogP contribution is 2.45. The normalized spacial score (nSPS) is 17.8. The number of carbonyl (C=O) groups is 2. The summed E-state index contributed by atoms with van der Waals surface area (Å²) in [5.74, 6) is 0.951. The lowest BCUT2D eigenvalue weighted by Gasteiger charge is -2.35. The standard InChI is InChI=1S/C28H31N3O3S/c1-18-7-5-8-20(15-18)25-24(30-27(35-25)19-12-13-19)28(33)31-14-4-3-10-22(31)17-29-26(32)21-9-6-11-23(16-21)34-2/h5-9,11,15-16,19,22H,3-4,10,12-14,17H2,1-2H3,(H,29,32). The second-order valence-corrected chi connectivity index (χ2v) is 10.5. The molecule has 1 aliphatic heterocycles. The summed E-state index contributed by atoms with van der Waals surface area (Å²) in [7, 11) is 1.58. The molecule has 35 heavy (non-hydrogen) atoms. The Hall–Kier alpha value is -3.19. The average molecular weight is 490 g/mol. The minimum atomic E-state index is -0.160. The Labute approximate surface area is 210 Å². The molecule has 1 N–H and O–H groups in total. The summed E-state index contributed by atoms with van der Waals surface area (Å²) in [6, 6.07) is 15.4. The number of aromatic nitrogens is 1. The minimum absolute atomic E-state index is 0.0232. The van der Waals surface area contributed by atoms with Crippen LogP contribution >= 0.6 is 11.3 Å². The number of amides is 2. The number of nitrogens with zero attached hydrogens (tertiary/aromatic N) is 2. The van der Waals surface area contributed by atoms with E-state index < -0.39 is 0 Å². The SMILES string of the molecule is COc1cccc(C(=O)NCC2CCCCN2C(=O)c2nc(C3CC3)sc2-c2cccc(C)c2)c1. The van der Waals surface area contributed by atoms with E-state index in [1.54, 1.807) is 36.6 Å². The summed E-state index contributed by atoms with van der Waals surface area (Å²) in [5, 5.41) is 4.11. The Morgan fingerprint density at radius 2 is 1.94 bits per heavy atom. The van der Waals surface area contributed by atoms with E-state index in [1.165, 1.54) is 5.56 Å². The molecule has 1 saturated heterocycles. The van der Waals surface area contributed by atoms with Gasteiger partial charge in [-0.25, -0.2) is 4.98 Å². The highest BCUT2D eigenvalue weighted by Gasteiger charge is 2.34. The first-order valence-corrected chi connectivity index (χ1v) is 13.2. The topological polar surface area (TPSA) is 71.5 Å². The molecule has 1 aromatic heterocycles. The average Bonchev–Trinajstić information content (AvgIpc) is 3.65. The van der Waals surface area contributed by atoms with Crippen molar-refractivity contribution in [3.63, 3.8) is 0 Å². The summed E-state index contributed by atoms with van der Waals surface area (Å²) in [6.07, 6.45) is 5.17. The molecule has 2 amide bonds. The van der Waals surface area contributed by atoms with Crippen LogP contribution in [0.3, 0.4) is 0 Å². The zero-order valence-electron chi connectivity index (χ0n) is 20.3. The Morgan fingerprint density at radius 1 is 1.11 bits per heavy atom. The number of benzene rings is 2. The third-order valence-electron chi connectivity index (χ3n) is 6.77. The van der Waals surface area contributed by atoms with Gasteiger partial charge in [0, 0.05) is 30.6 Å². The molecule has 0 radical (unpaired) electrons. The van der Waals surface area contributed by atoms with Gasteiger partial charge in [-0.3, -0.25) is 9.59 Å². The van der Waals surface area contributed by atoms with Crippen LogP contribution in [0.15, 0.2) is 48.5 Å². The molecular weight excluding hydrogens is 458 g/mol. The Bertz CT molecular complexity index is 1230. The highest BCUT2D eigenvalue weighted by molar-refractivity contribution is 7.15. The molecule has 0 spiro atoms. The first-order chi connectivity index (χ1) is 17.0. The molecule has 1 atom stereocenters. The van der Waals surface area contributed by atoms with Gasteiger partial charge in [-0.2, -0.15) is 0 Å². The van der Waals surface area contributed by atoms with Crippen LogP contribution in [0, 0.1) is 6.92 Å². The molecule has 2 aromatic carbocycles. The summed E-state index contributed by atoms with van der Waals surface area (Å²) in [4.78, 5) is 34.4. The zero-order chi connectivity index (χ0) is 24.4. The first-order valence-electron chi connectivity index (χ1n) is 12.3. The summed E-state index contributed by atoms with van der Waals surface area (Å²) in [5.41, 5.74) is 3.33. The van der Waals surface area contributed by atoms with Crippen LogP contribution in [0.4, 0.5) is 0 Å². The van der Waals surface area contributed by atoms with E-state index in [9.17, 15) is 9.59 Å². The first kappa shape index (κ1) is 23.5. The van der Waals surface area contributed by atoms with E-state index in [0.29, 0.717) is 36.0 Å². The molecule has 7 heteroatoms. The molecule has 2 fully saturated rings. The number of rotatable bonds is 7. The van der Waals surface area contributed by atoms with Gasteiger partial charge in [0.1, 0.15) is 11.4 Å². The van der Waals surface area contributed by atoms with Crippen LogP contribution in [0.5, 0.6) is 5.75 Å². The van der Waals surface area contributed by atoms with Crippen LogP contribution in [0.1, 0.15) is 69.4 Å². The van der Waals surface area contributed by atoms with E-state index in [2.05, 4.69) is 30.4 Å². The summed E-state index contributed by atoms with van der Waals surface area (Å²) < 4.78 is 5.24. The number of thiazole rings is 1. The fraction of sp³-hybridized carbons (Fsp3) is 0.393. The monoisotopic (exact) mass is 489 g/mol. The zero-order valence-corrected chi connectivity index (χ0v) is 21.1. The van der Waals surface area contributed by atoms with Crippen molar-refractivity contribution in [2.75, 3.05) is 20.2 Å². The molecule has 2 aliphatic rings.